The van der Waals surface area contributed by atoms with Crippen molar-refractivity contribution in [2.45, 2.75) is 35.5 Å². The van der Waals surface area contributed by atoms with Crippen molar-refractivity contribution in [3.63, 3.8) is 0 Å². The molecule has 0 saturated heterocycles. The molecule has 1 saturated carbocycles. The van der Waals surface area contributed by atoms with Crippen molar-refractivity contribution >= 4 is 0 Å². The van der Waals surface area contributed by atoms with Crippen LogP contribution in [0, 0.1) is 23.3 Å². The fourth-order valence-corrected chi connectivity index (χ4v) is 3.84. The van der Waals surface area contributed by atoms with Gasteiger partial charge in [0.15, 0.2) is 17.5 Å². The quantitative estimate of drug-likeness (QED) is 0.295. The lowest BCUT2D eigenvalue weighted by molar-refractivity contribution is -0.425. The summed E-state index contributed by atoms with van der Waals surface area (Å²) in [4.78, 5) is 0. The van der Waals surface area contributed by atoms with Crippen LogP contribution in [0.5, 0.6) is 0 Å². The molecule has 0 nitrogen and oxygen atoms in total. The number of rotatable bonds is 2. The molecule has 0 atom stereocenters. The van der Waals surface area contributed by atoms with Gasteiger partial charge < -0.3 is 22.6 Å². The maximum atomic E-state index is 14.4. The highest BCUT2D eigenvalue weighted by Gasteiger charge is 2.19. The summed E-state index contributed by atoms with van der Waals surface area (Å²) in [6, 6.07) is 6.39. The van der Waals surface area contributed by atoms with Crippen LogP contribution in [0.25, 0.3) is 11.1 Å². The van der Waals surface area contributed by atoms with Gasteiger partial charge >= 0.3 is 0 Å². The lowest BCUT2D eigenvalue weighted by atomic mass is 9.83. The molecule has 0 spiro atoms. The molecule has 1 aliphatic carbocycles. The first-order chi connectivity index (χ1) is 11.0. The van der Waals surface area contributed by atoms with Gasteiger partial charge in [-0.15, -0.1) is 0 Å². The summed E-state index contributed by atoms with van der Waals surface area (Å²) in [7, 11) is 0. The molecule has 3 rings (SSSR count). The average Bonchev–Trinajstić information content (AvgIpc) is 2.53. The van der Waals surface area contributed by atoms with Crippen molar-refractivity contribution in [1.29, 1.82) is 0 Å². The molecule has 0 aliphatic heterocycles. The Morgan fingerprint density at radius 2 is 1.39 bits per heavy atom. The Labute approximate surface area is 146 Å². The largest absolute Gasteiger partial charge is 0.793 e. The summed E-state index contributed by atoms with van der Waals surface area (Å²) in [5.41, 5.74) is 0.994. The van der Waals surface area contributed by atoms with E-state index in [2.05, 4.69) is 22.6 Å². The predicted octanol–water partition coefficient (Wildman–Crippen LogP) is 2.49. The molecule has 0 heterocycles. The second-order valence-corrected chi connectivity index (χ2v) is 7.70. The minimum Gasteiger partial charge on any atom is -0.793 e. The van der Waals surface area contributed by atoms with E-state index in [-0.39, 0.29) is 11.1 Å². The van der Waals surface area contributed by atoms with Crippen LogP contribution >= 0.6 is 0 Å². The standard InChI is InChI=1S/C18H15F4I/c19-15-7-11(10-1-4-13(23)5-2-10)3-6-14(15)12-8-16(20)18(22)17(21)9-12/h3,6-10,13H,1-2,4-5H2/q-1. The van der Waals surface area contributed by atoms with Gasteiger partial charge in [0, 0.05) is 5.56 Å². The first kappa shape index (κ1) is 16.7. The monoisotopic (exact) mass is 434 g/mol. The molecule has 5 heteroatoms. The van der Waals surface area contributed by atoms with E-state index in [0.717, 1.165) is 43.4 Å². The summed E-state index contributed by atoms with van der Waals surface area (Å²) in [5.74, 6) is -4.38. The van der Waals surface area contributed by atoms with E-state index in [1.54, 1.807) is 6.07 Å². The van der Waals surface area contributed by atoms with Crippen LogP contribution in [0.15, 0.2) is 30.3 Å². The van der Waals surface area contributed by atoms with E-state index in [1.165, 1.54) is 12.1 Å². The van der Waals surface area contributed by atoms with Crippen LogP contribution in [0.3, 0.4) is 0 Å². The van der Waals surface area contributed by atoms with E-state index < -0.39 is 23.3 Å². The van der Waals surface area contributed by atoms with Crippen LogP contribution in [-0.4, -0.2) is 3.92 Å². The van der Waals surface area contributed by atoms with Gasteiger partial charge in [0.2, 0.25) is 0 Å². The number of hydrogen-bond donors (Lipinski definition) is 0. The summed E-state index contributed by atoms with van der Waals surface area (Å²) in [5, 5.41) is 0. The maximum Gasteiger partial charge on any atom is 0.194 e. The molecule has 2 aromatic carbocycles. The van der Waals surface area contributed by atoms with Gasteiger partial charge in [-0.1, -0.05) is 25.0 Å². The molecule has 0 amide bonds. The Morgan fingerprint density at radius 1 is 0.783 bits per heavy atom. The highest BCUT2D eigenvalue weighted by molar-refractivity contribution is 5.65. The fourth-order valence-electron chi connectivity index (χ4n) is 3.12. The molecule has 1 aliphatic rings. The summed E-state index contributed by atoms with van der Waals surface area (Å²) in [6.07, 6.45) is 4.27. The fraction of sp³-hybridized carbons (Fsp3) is 0.333. The normalized spacial score (nSPS) is 21.4. The topological polar surface area (TPSA) is 0 Å². The molecule has 2 aromatic rings. The van der Waals surface area contributed by atoms with Crippen molar-refractivity contribution in [1.82, 2.24) is 0 Å². The lowest BCUT2D eigenvalue weighted by Gasteiger charge is -2.32. The highest BCUT2D eigenvalue weighted by atomic mass is 127. The van der Waals surface area contributed by atoms with Gasteiger partial charge in [0.1, 0.15) is 5.82 Å². The van der Waals surface area contributed by atoms with Gasteiger partial charge in [-0.25, -0.2) is 17.6 Å². The third kappa shape index (κ3) is 3.54. The zero-order chi connectivity index (χ0) is 16.6. The molecule has 0 aromatic heterocycles. The molecular formula is C18H15F4I-. The predicted molar refractivity (Wildman–Crippen MR) is 76.7 cm³/mol. The van der Waals surface area contributed by atoms with E-state index >= 15 is 0 Å². The minimum atomic E-state index is -1.54. The van der Waals surface area contributed by atoms with E-state index in [4.69, 9.17) is 0 Å². The van der Waals surface area contributed by atoms with E-state index in [1.807, 2.05) is 0 Å². The van der Waals surface area contributed by atoms with Crippen molar-refractivity contribution in [3.8, 4) is 11.1 Å². The Balaban J connectivity index is 1.91. The Morgan fingerprint density at radius 3 is 1.96 bits per heavy atom. The first-order valence-corrected chi connectivity index (χ1v) is 8.78. The van der Waals surface area contributed by atoms with Crippen molar-refractivity contribution in [2.75, 3.05) is 0 Å². The molecular weight excluding hydrogens is 419 g/mol. The van der Waals surface area contributed by atoms with E-state index in [0.29, 0.717) is 9.84 Å². The molecule has 23 heavy (non-hydrogen) atoms. The van der Waals surface area contributed by atoms with Crippen molar-refractivity contribution in [3.05, 3.63) is 59.2 Å². The summed E-state index contributed by atoms with van der Waals surface area (Å²) >= 11 is 2.44. The molecule has 1 fully saturated rings. The Bertz CT molecular complexity index is 698. The molecule has 0 bridgehead atoms. The van der Waals surface area contributed by atoms with Gasteiger partial charge in [0.25, 0.3) is 0 Å². The second kappa shape index (κ2) is 6.79. The van der Waals surface area contributed by atoms with Crippen LogP contribution in [0.2, 0.25) is 0 Å². The summed E-state index contributed by atoms with van der Waals surface area (Å²) in [6.45, 7) is 0. The molecule has 1 radical (unpaired) electrons. The van der Waals surface area contributed by atoms with Crippen LogP contribution in [0.1, 0.15) is 37.2 Å². The van der Waals surface area contributed by atoms with E-state index in [9.17, 15) is 17.6 Å². The number of hydrogen-bond acceptors (Lipinski definition) is 0. The van der Waals surface area contributed by atoms with Crippen LogP contribution < -0.4 is 22.6 Å². The number of benzene rings is 2. The van der Waals surface area contributed by atoms with Crippen LogP contribution in [0.4, 0.5) is 17.6 Å². The lowest BCUT2D eigenvalue weighted by Crippen LogP contribution is -3.39. The molecule has 123 valence electrons. The SMILES string of the molecule is Fc1cc(C2CCC([I-])CC2)ccc1-c1cc(F)c(F)c(F)c1. The first-order valence-electron chi connectivity index (χ1n) is 7.54. The second-order valence-electron chi connectivity index (χ2n) is 5.94. The van der Waals surface area contributed by atoms with Crippen LogP contribution in [-0.2, 0) is 0 Å². The smallest absolute Gasteiger partial charge is 0.194 e. The number of halogens is 5. The minimum absolute atomic E-state index is 0.00132. The van der Waals surface area contributed by atoms with Crippen molar-refractivity contribution in [2.24, 2.45) is 0 Å². The third-order valence-electron chi connectivity index (χ3n) is 4.42. The molecule has 0 N–H and O–H groups in total. The zero-order valence-corrected chi connectivity index (χ0v) is 14.4. The Kier molecular flexibility index (Phi) is 4.94. The molecule has 0 unspecified atom stereocenters. The van der Waals surface area contributed by atoms with Gasteiger partial charge in [-0.05, 0) is 48.1 Å². The summed E-state index contributed by atoms with van der Waals surface area (Å²) < 4.78 is 54.7. The highest BCUT2D eigenvalue weighted by Crippen LogP contribution is 2.34. The van der Waals surface area contributed by atoms with Gasteiger partial charge in [0.05, 0.1) is 0 Å². The van der Waals surface area contributed by atoms with Gasteiger partial charge in [-0.2, -0.15) is 3.92 Å². The van der Waals surface area contributed by atoms with Crippen molar-refractivity contribution < 1.29 is 40.2 Å². The third-order valence-corrected chi connectivity index (χ3v) is 5.66. The average molecular weight is 434 g/mol. The number of alkyl halides is 1. The van der Waals surface area contributed by atoms with Gasteiger partial charge in [-0.3, -0.25) is 0 Å². The zero-order valence-electron chi connectivity index (χ0n) is 12.3. The maximum absolute atomic E-state index is 14.4. The Hall–Kier alpha value is -1.11.